The molecule has 3 nitrogen and oxygen atoms in total. The molecule has 1 aromatic heterocycles. The van der Waals surface area contributed by atoms with Gasteiger partial charge in [-0.1, -0.05) is 11.3 Å². The minimum absolute atomic E-state index is 0.0918. The van der Waals surface area contributed by atoms with Crippen LogP contribution in [0.5, 0.6) is 0 Å². The van der Waals surface area contributed by atoms with Gasteiger partial charge in [0.25, 0.3) is 0 Å². The molecule has 0 amide bonds. The molecule has 0 saturated heterocycles. The molecule has 66 valence electrons. The van der Waals surface area contributed by atoms with Crippen molar-refractivity contribution in [3.63, 3.8) is 0 Å². The maximum absolute atomic E-state index is 11.0. The number of nitrogens with zero attached hydrogens (tertiary/aromatic N) is 1. The number of ketones is 1. The van der Waals surface area contributed by atoms with Crippen molar-refractivity contribution in [2.24, 2.45) is 0 Å². The Morgan fingerprint density at radius 2 is 2.33 bits per heavy atom. The summed E-state index contributed by atoms with van der Waals surface area (Å²) < 4.78 is 0. The fourth-order valence-electron chi connectivity index (χ4n) is 0.950. The minimum Gasteiger partial charge on any atom is -0.362 e. The molecule has 0 aliphatic carbocycles. The number of hydrogen-bond donors (Lipinski definition) is 1. The number of hydrogen-bond acceptors (Lipinski definition) is 4. The van der Waals surface area contributed by atoms with Gasteiger partial charge in [0.15, 0.2) is 10.9 Å². The molecule has 1 heterocycles. The van der Waals surface area contributed by atoms with Crippen LogP contribution in [0.15, 0.2) is 0 Å². The summed E-state index contributed by atoms with van der Waals surface area (Å²) in [6.07, 6.45) is 0. The maximum Gasteiger partial charge on any atom is 0.183 e. The number of carbonyl (C=O) groups is 1. The van der Waals surface area contributed by atoms with Crippen molar-refractivity contribution in [1.82, 2.24) is 4.98 Å². The van der Waals surface area contributed by atoms with Gasteiger partial charge < -0.3 is 5.32 Å². The van der Waals surface area contributed by atoms with Gasteiger partial charge in [-0.15, -0.1) is 0 Å². The first-order chi connectivity index (χ1) is 5.65. The lowest BCUT2D eigenvalue weighted by Gasteiger charge is -1.92. The molecule has 0 spiro atoms. The van der Waals surface area contributed by atoms with Crippen LogP contribution < -0.4 is 5.32 Å². The summed E-state index contributed by atoms with van der Waals surface area (Å²) in [6.45, 7) is 6.26. The lowest BCUT2D eigenvalue weighted by molar-refractivity contribution is 0.102. The van der Waals surface area contributed by atoms with Gasteiger partial charge in [0.05, 0.1) is 10.6 Å². The lowest BCUT2D eigenvalue weighted by atomic mass is 10.3. The summed E-state index contributed by atoms with van der Waals surface area (Å²) in [6, 6.07) is 0. The van der Waals surface area contributed by atoms with Crippen molar-refractivity contribution in [2.45, 2.75) is 20.8 Å². The standard InChI is InChI=1S/C8H12N2OS/c1-4-9-8-10-5(2)7(12-8)6(3)11/h4H2,1-3H3,(H,9,10). The number of aromatic nitrogens is 1. The first-order valence-corrected chi connectivity index (χ1v) is 4.69. The van der Waals surface area contributed by atoms with E-state index >= 15 is 0 Å². The highest BCUT2D eigenvalue weighted by molar-refractivity contribution is 7.17. The van der Waals surface area contributed by atoms with Gasteiger partial charge in [0.1, 0.15) is 0 Å². The molecular weight excluding hydrogens is 172 g/mol. The van der Waals surface area contributed by atoms with E-state index in [1.54, 1.807) is 6.92 Å². The van der Waals surface area contributed by atoms with Crippen molar-refractivity contribution in [3.05, 3.63) is 10.6 Å². The van der Waals surface area contributed by atoms with Gasteiger partial charge in [-0.2, -0.15) is 0 Å². The van der Waals surface area contributed by atoms with Gasteiger partial charge in [0, 0.05) is 13.5 Å². The van der Waals surface area contributed by atoms with Gasteiger partial charge in [-0.25, -0.2) is 4.98 Å². The number of carbonyl (C=O) groups excluding carboxylic acids is 1. The lowest BCUT2D eigenvalue weighted by Crippen LogP contribution is -1.94. The molecule has 0 atom stereocenters. The number of aryl methyl sites for hydroxylation is 1. The van der Waals surface area contributed by atoms with Crippen LogP contribution in [0.1, 0.15) is 29.2 Å². The molecule has 0 fully saturated rings. The van der Waals surface area contributed by atoms with E-state index in [0.29, 0.717) is 0 Å². The van der Waals surface area contributed by atoms with E-state index in [1.165, 1.54) is 11.3 Å². The predicted octanol–water partition coefficient (Wildman–Crippen LogP) is 2.09. The third-order valence-electron chi connectivity index (χ3n) is 1.44. The first-order valence-electron chi connectivity index (χ1n) is 3.87. The smallest absolute Gasteiger partial charge is 0.183 e. The molecule has 12 heavy (non-hydrogen) atoms. The van der Waals surface area contributed by atoms with E-state index in [0.717, 1.165) is 22.2 Å². The predicted molar refractivity (Wildman–Crippen MR) is 51.0 cm³/mol. The second kappa shape index (κ2) is 3.67. The number of Topliss-reactive ketones (excluding diaryl/α,β-unsaturated/α-hetero) is 1. The van der Waals surface area contributed by atoms with Crippen LogP contribution >= 0.6 is 11.3 Å². The number of nitrogens with one attached hydrogen (secondary N) is 1. The Bertz CT molecular complexity index is 293. The van der Waals surface area contributed by atoms with Crippen LogP contribution in [0.2, 0.25) is 0 Å². The number of thiazole rings is 1. The average molecular weight is 184 g/mol. The molecule has 1 aromatic rings. The molecule has 1 rings (SSSR count). The molecular formula is C8H12N2OS. The van der Waals surface area contributed by atoms with Gasteiger partial charge in [-0.3, -0.25) is 4.79 Å². The molecule has 4 heteroatoms. The Kier molecular flexibility index (Phi) is 2.81. The van der Waals surface area contributed by atoms with Crippen molar-refractivity contribution in [2.75, 3.05) is 11.9 Å². The Labute approximate surface area is 75.8 Å². The van der Waals surface area contributed by atoms with Crippen LogP contribution in [0.4, 0.5) is 5.13 Å². The molecule has 0 bridgehead atoms. The van der Waals surface area contributed by atoms with Crippen LogP contribution in [0, 0.1) is 6.92 Å². The summed E-state index contributed by atoms with van der Waals surface area (Å²) in [5, 5.41) is 3.91. The fourth-order valence-corrected chi connectivity index (χ4v) is 1.88. The van der Waals surface area contributed by atoms with Crippen LogP contribution in [0.3, 0.4) is 0 Å². The van der Waals surface area contributed by atoms with E-state index in [-0.39, 0.29) is 5.78 Å². The van der Waals surface area contributed by atoms with E-state index in [1.807, 2.05) is 13.8 Å². The highest BCUT2D eigenvalue weighted by Crippen LogP contribution is 2.22. The molecule has 1 N–H and O–H groups in total. The zero-order chi connectivity index (χ0) is 9.14. The second-order valence-corrected chi connectivity index (χ2v) is 3.52. The van der Waals surface area contributed by atoms with Crippen LogP contribution in [-0.4, -0.2) is 17.3 Å². The average Bonchev–Trinajstić information content (AvgIpc) is 2.32. The summed E-state index contributed by atoms with van der Waals surface area (Å²) in [7, 11) is 0. The highest BCUT2D eigenvalue weighted by atomic mass is 32.1. The summed E-state index contributed by atoms with van der Waals surface area (Å²) >= 11 is 1.42. The number of anilines is 1. The van der Waals surface area contributed by atoms with E-state index in [9.17, 15) is 4.79 Å². The van der Waals surface area contributed by atoms with Crippen molar-refractivity contribution in [1.29, 1.82) is 0 Å². The molecule has 0 aromatic carbocycles. The zero-order valence-corrected chi connectivity index (χ0v) is 8.29. The number of rotatable bonds is 3. The van der Waals surface area contributed by atoms with E-state index in [4.69, 9.17) is 0 Å². The van der Waals surface area contributed by atoms with E-state index < -0.39 is 0 Å². The summed E-state index contributed by atoms with van der Waals surface area (Å²) in [5.74, 6) is 0.0918. The fraction of sp³-hybridized carbons (Fsp3) is 0.500. The third-order valence-corrected chi connectivity index (χ3v) is 2.66. The van der Waals surface area contributed by atoms with Crippen molar-refractivity contribution >= 4 is 22.3 Å². The molecule has 0 unspecified atom stereocenters. The maximum atomic E-state index is 11.0. The van der Waals surface area contributed by atoms with Crippen LogP contribution in [-0.2, 0) is 0 Å². The topological polar surface area (TPSA) is 42.0 Å². The summed E-state index contributed by atoms with van der Waals surface area (Å²) in [5.41, 5.74) is 0.823. The third kappa shape index (κ3) is 1.82. The van der Waals surface area contributed by atoms with Crippen molar-refractivity contribution in [3.8, 4) is 0 Å². The Morgan fingerprint density at radius 3 is 2.75 bits per heavy atom. The SMILES string of the molecule is CCNc1nc(C)c(C(C)=O)s1. The molecule has 0 aliphatic rings. The highest BCUT2D eigenvalue weighted by Gasteiger charge is 2.09. The largest absolute Gasteiger partial charge is 0.362 e. The Morgan fingerprint density at radius 1 is 1.67 bits per heavy atom. The zero-order valence-electron chi connectivity index (χ0n) is 7.47. The van der Waals surface area contributed by atoms with Gasteiger partial charge >= 0.3 is 0 Å². The molecule has 0 saturated carbocycles. The van der Waals surface area contributed by atoms with Crippen LogP contribution in [0.25, 0.3) is 0 Å². The normalized spacial score (nSPS) is 9.92. The summed E-state index contributed by atoms with van der Waals surface area (Å²) in [4.78, 5) is 16.0. The van der Waals surface area contributed by atoms with E-state index in [2.05, 4.69) is 10.3 Å². The monoisotopic (exact) mass is 184 g/mol. The van der Waals surface area contributed by atoms with Gasteiger partial charge in [-0.05, 0) is 13.8 Å². The van der Waals surface area contributed by atoms with Crippen molar-refractivity contribution < 1.29 is 4.79 Å². The Hall–Kier alpha value is -0.900. The Balaban J connectivity index is 2.92. The second-order valence-electron chi connectivity index (χ2n) is 2.52. The quantitative estimate of drug-likeness (QED) is 0.731. The molecule has 0 radical (unpaired) electrons. The minimum atomic E-state index is 0.0918. The molecule has 0 aliphatic heterocycles. The first kappa shape index (κ1) is 9.19. The van der Waals surface area contributed by atoms with Gasteiger partial charge in [0.2, 0.25) is 0 Å².